The molecule has 9 N–H and O–H groups in total. The monoisotopic (exact) mass is 420 g/mol. The average Bonchev–Trinajstić information content (AvgIpc) is 2.64. The van der Waals surface area contributed by atoms with E-state index in [2.05, 4.69) is 20.7 Å². The van der Waals surface area contributed by atoms with Crippen molar-refractivity contribution in [2.75, 3.05) is 22.2 Å². The first-order chi connectivity index (χ1) is 14.1. The number of urea groups is 1. The second kappa shape index (κ2) is 9.00. The van der Waals surface area contributed by atoms with Crippen LogP contribution in [-0.4, -0.2) is 54.8 Å². The molecule has 15 nitrogen and oxygen atoms in total. The lowest BCUT2D eigenvalue weighted by atomic mass is 10.2. The Balaban J connectivity index is 2.02. The number of pyridine rings is 1. The Morgan fingerprint density at radius 3 is 2.40 bits per heavy atom. The summed E-state index contributed by atoms with van der Waals surface area (Å²) >= 11 is 0. The van der Waals surface area contributed by atoms with Crippen LogP contribution in [0.15, 0.2) is 29.2 Å². The molecule has 15 heteroatoms. The summed E-state index contributed by atoms with van der Waals surface area (Å²) in [6.07, 6.45) is 0.262. The van der Waals surface area contributed by atoms with Crippen molar-refractivity contribution in [1.29, 1.82) is 0 Å². The van der Waals surface area contributed by atoms with Gasteiger partial charge in [0.25, 0.3) is 11.5 Å². The summed E-state index contributed by atoms with van der Waals surface area (Å²) in [5, 5.41) is 22.0. The van der Waals surface area contributed by atoms with Gasteiger partial charge in [-0.2, -0.15) is 9.66 Å². The third-order valence-corrected chi connectivity index (χ3v) is 3.41. The van der Waals surface area contributed by atoms with Gasteiger partial charge in [-0.25, -0.2) is 20.0 Å². The quantitative estimate of drug-likeness (QED) is 0.264. The molecule has 0 saturated heterocycles. The smallest absolute Gasteiger partial charge is 0.338 e. The molecule has 0 aliphatic carbocycles. The normalized spacial score (nSPS) is 11.2. The molecule has 2 aromatic rings. The van der Waals surface area contributed by atoms with Crippen molar-refractivity contribution in [3.8, 4) is 0 Å². The van der Waals surface area contributed by atoms with Gasteiger partial charge >= 0.3 is 18.0 Å². The zero-order valence-corrected chi connectivity index (χ0v) is 15.0. The highest BCUT2D eigenvalue weighted by molar-refractivity contribution is 5.97. The predicted molar refractivity (Wildman–Crippen MR) is 101 cm³/mol. The van der Waals surface area contributed by atoms with Gasteiger partial charge in [0, 0.05) is 6.07 Å². The van der Waals surface area contributed by atoms with Gasteiger partial charge in [-0.1, -0.05) is 0 Å². The third kappa shape index (κ3) is 5.65. The van der Waals surface area contributed by atoms with E-state index in [1.165, 1.54) is 6.07 Å². The lowest BCUT2D eigenvalue weighted by Crippen LogP contribution is -2.42. The van der Waals surface area contributed by atoms with Crippen LogP contribution in [0.2, 0.25) is 0 Å². The van der Waals surface area contributed by atoms with E-state index >= 15 is 0 Å². The molecular weight excluding hydrogens is 404 g/mol. The van der Waals surface area contributed by atoms with Crippen molar-refractivity contribution in [3.63, 3.8) is 0 Å². The van der Waals surface area contributed by atoms with Gasteiger partial charge in [0.2, 0.25) is 5.95 Å². The van der Waals surface area contributed by atoms with E-state index in [1.54, 1.807) is 0 Å². The molecule has 0 radical (unpaired) electrons. The summed E-state index contributed by atoms with van der Waals surface area (Å²) in [5.41, 5.74) is 12.2. The fourth-order valence-corrected chi connectivity index (χ4v) is 2.10. The van der Waals surface area contributed by atoms with Crippen molar-refractivity contribution >= 4 is 41.3 Å². The second-order valence-corrected chi connectivity index (χ2v) is 5.67. The van der Waals surface area contributed by atoms with Crippen molar-refractivity contribution in [1.82, 2.24) is 20.0 Å². The number of anilines is 3. The van der Waals surface area contributed by atoms with Gasteiger partial charge in [-0.3, -0.25) is 14.4 Å². The minimum Gasteiger partial charge on any atom is -0.481 e. The SMILES string of the molecule is Nc1cc(=O)n(NC(=O)Nc2ccc(C(=O)N[C@@H](CC(=O)O)C(=O)O)nc2)c(N)n1. The molecule has 0 saturated carbocycles. The van der Waals surface area contributed by atoms with Gasteiger partial charge in [-0.05, 0) is 12.1 Å². The molecular formula is C15H16N8O7. The second-order valence-electron chi connectivity index (χ2n) is 5.67. The van der Waals surface area contributed by atoms with Crippen molar-refractivity contribution in [2.45, 2.75) is 12.5 Å². The van der Waals surface area contributed by atoms with Crippen molar-refractivity contribution in [3.05, 3.63) is 40.4 Å². The molecule has 0 aromatic carbocycles. The van der Waals surface area contributed by atoms with Crippen LogP contribution in [-0.2, 0) is 9.59 Å². The van der Waals surface area contributed by atoms with Gasteiger partial charge in [0.15, 0.2) is 0 Å². The minimum absolute atomic E-state index is 0.111. The standard InChI is InChI=1S/C15H16N8O7/c16-9-4-10(24)23(14(17)21-9)22-15(30)19-6-1-2-7(18-5-6)12(27)20-8(13(28)29)3-11(25)26/h1-2,4-5,8H,3,16H2,(H2,17,21)(H,20,27)(H,25,26)(H,28,29)(H2,19,22,30)/t8-/m0/s1. The van der Waals surface area contributed by atoms with E-state index < -0.39 is 41.9 Å². The number of hydrogen-bond acceptors (Lipinski definition) is 9. The Labute approximate surface area is 166 Å². The van der Waals surface area contributed by atoms with E-state index in [0.717, 1.165) is 18.3 Å². The molecule has 158 valence electrons. The van der Waals surface area contributed by atoms with Crippen LogP contribution in [0, 0.1) is 0 Å². The van der Waals surface area contributed by atoms with Crippen LogP contribution in [0.3, 0.4) is 0 Å². The topological polar surface area (TPSA) is 245 Å². The summed E-state index contributed by atoms with van der Waals surface area (Å²) in [6, 6.07) is 0.845. The lowest BCUT2D eigenvalue weighted by molar-refractivity contribution is -0.145. The first kappa shape index (κ1) is 21.6. The third-order valence-electron chi connectivity index (χ3n) is 3.41. The number of carboxylic acids is 2. The van der Waals surface area contributed by atoms with E-state index in [9.17, 15) is 24.0 Å². The van der Waals surface area contributed by atoms with E-state index in [0.29, 0.717) is 4.68 Å². The Kier molecular flexibility index (Phi) is 6.48. The van der Waals surface area contributed by atoms with Crippen LogP contribution >= 0.6 is 0 Å². The van der Waals surface area contributed by atoms with Gasteiger partial charge in [0.1, 0.15) is 17.6 Å². The number of amides is 3. The highest BCUT2D eigenvalue weighted by atomic mass is 16.4. The maximum Gasteiger partial charge on any atom is 0.338 e. The van der Waals surface area contributed by atoms with E-state index in [4.69, 9.17) is 21.7 Å². The zero-order chi connectivity index (χ0) is 22.4. The number of aromatic nitrogens is 3. The summed E-state index contributed by atoms with van der Waals surface area (Å²) in [5.74, 6) is -4.33. The van der Waals surface area contributed by atoms with E-state index in [-0.39, 0.29) is 23.1 Å². The summed E-state index contributed by atoms with van der Waals surface area (Å²) < 4.78 is 0.648. The summed E-state index contributed by atoms with van der Waals surface area (Å²) in [6.45, 7) is 0. The molecule has 30 heavy (non-hydrogen) atoms. The summed E-state index contributed by atoms with van der Waals surface area (Å²) in [4.78, 5) is 64.8. The molecule has 1 atom stereocenters. The van der Waals surface area contributed by atoms with Crippen LogP contribution in [0.25, 0.3) is 0 Å². The highest BCUT2D eigenvalue weighted by Gasteiger charge is 2.24. The van der Waals surface area contributed by atoms with E-state index in [1.807, 2.05) is 5.32 Å². The number of nitrogens with one attached hydrogen (secondary N) is 3. The van der Waals surface area contributed by atoms with Gasteiger partial charge < -0.3 is 32.3 Å². The van der Waals surface area contributed by atoms with Crippen LogP contribution in [0.4, 0.5) is 22.2 Å². The fourth-order valence-electron chi connectivity index (χ4n) is 2.10. The number of rotatable bonds is 7. The summed E-state index contributed by atoms with van der Waals surface area (Å²) in [7, 11) is 0. The van der Waals surface area contributed by atoms with Gasteiger partial charge in [-0.15, -0.1) is 0 Å². The predicted octanol–water partition coefficient (Wildman–Crippen LogP) is -1.76. The molecule has 2 rings (SSSR count). The molecule has 3 amide bonds. The lowest BCUT2D eigenvalue weighted by Gasteiger charge is -2.13. The maximum absolute atomic E-state index is 12.0. The van der Waals surface area contributed by atoms with Crippen molar-refractivity contribution in [2.24, 2.45) is 0 Å². The highest BCUT2D eigenvalue weighted by Crippen LogP contribution is 2.07. The fraction of sp³-hybridized carbons (Fsp3) is 0.133. The van der Waals surface area contributed by atoms with Crippen LogP contribution < -0.4 is 33.1 Å². The number of nitrogens with zero attached hydrogens (tertiary/aromatic N) is 3. The molecule has 0 aliphatic heterocycles. The Morgan fingerprint density at radius 2 is 1.87 bits per heavy atom. The Hall–Kier alpha value is -4.69. The Bertz CT molecular complexity index is 1050. The Morgan fingerprint density at radius 1 is 1.17 bits per heavy atom. The largest absolute Gasteiger partial charge is 0.481 e. The molecule has 2 aromatic heterocycles. The number of carbonyl (C=O) groups excluding carboxylic acids is 2. The van der Waals surface area contributed by atoms with Crippen LogP contribution in [0.1, 0.15) is 16.9 Å². The van der Waals surface area contributed by atoms with Gasteiger partial charge in [0.05, 0.1) is 18.3 Å². The molecule has 0 fully saturated rings. The maximum atomic E-state index is 12.0. The molecule has 0 unspecified atom stereocenters. The molecule has 0 aliphatic rings. The first-order valence-electron chi connectivity index (χ1n) is 8.01. The number of nitrogen functional groups attached to an aromatic ring is 2. The number of carbonyl (C=O) groups is 4. The molecule has 0 spiro atoms. The minimum atomic E-state index is -1.64. The average molecular weight is 420 g/mol. The zero-order valence-electron chi connectivity index (χ0n) is 15.0. The molecule has 2 heterocycles. The van der Waals surface area contributed by atoms with Crippen molar-refractivity contribution < 1.29 is 29.4 Å². The number of nitrogens with two attached hydrogens (primary N) is 2. The number of carboxylic acid groups (broad SMARTS) is 2. The van der Waals surface area contributed by atoms with Crippen LogP contribution in [0.5, 0.6) is 0 Å². The first-order valence-corrected chi connectivity index (χ1v) is 8.01. The molecule has 0 bridgehead atoms. The number of aliphatic carboxylic acids is 2. The number of hydrogen-bond donors (Lipinski definition) is 7.